The van der Waals surface area contributed by atoms with E-state index in [1.165, 1.54) is 12.1 Å². The first-order valence-corrected chi connectivity index (χ1v) is 10.6. The van der Waals surface area contributed by atoms with E-state index in [0.29, 0.717) is 23.1 Å². The van der Waals surface area contributed by atoms with Crippen LogP contribution in [0.4, 0.5) is 13.2 Å². The van der Waals surface area contributed by atoms with Crippen LogP contribution in [-0.4, -0.2) is 40.1 Å². The van der Waals surface area contributed by atoms with Gasteiger partial charge in [-0.1, -0.05) is 13.8 Å². The fourth-order valence-corrected chi connectivity index (χ4v) is 5.06. The number of phenolic OH excluding ortho intramolecular Hbond substituents is 1. The lowest BCUT2D eigenvalue weighted by atomic mass is 9.75. The van der Waals surface area contributed by atoms with E-state index in [9.17, 15) is 28.2 Å². The first-order valence-electron chi connectivity index (χ1n) is 10.6. The maximum absolute atomic E-state index is 14.4. The van der Waals surface area contributed by atoms with Gasteiger partial charge < -0.3 is 24.3 Å². The van der Waals surface area contributed by atoms with Gasteiger partial charge in [0.2, 0.25) is 0 Å². The van der Waals surface area contributed by atoms with Gasteiger partial charge in [-0.3, -0.25) is 0 Å². The molecule has 0 radical (unpaired) electrons. The highest BCUT2D eigenvalue weighted by Crippen LogP contribution is 2.53. The summed E-state index contributed by atoms with van der Waals surface area (Å²) in [5.74, 6) is -4.18. The second-order valence-electron chi connectivity index (χ2n) is 9.32. The van der Waals surface area contributed by atoms with Crippen LogP contribution < -0.4 is 0 Å². The van der Waals surface area contributed by atoms with Crippen molar-refractivity contribution in [3.8, 4) is 11.4 Å². The molecule has 0 amide bonds. The van der Waals surface area contributed by atoms with Crippen molar-refractivity contribution < 1.29 is 37.7 Å². The lowest BCUT2D eigenvalue weighted by Crippen LogP contribution is -2.50. The highest BCUT2D eigenvalue weighted by atomic mass is 19.2. The van der Waals surface area contributed by atoms with Gasteiger partial charge in [-0.25, -0.2) is 18.0 Å². The molecule has 3 aromatic rings. The van der Waals surface area contributed by atoms with Crippen molar-refractivity contribution in [1.29, 1.82) is 0 Å². The number of aliphatic carboxylic acids is 1. The summed E-state index contributed by atoms with van der Waals surface area (Å²) >= 11 is 0. The summed E-state index contributed by atoms with van der Waals surface area (Å²) in [6, 6.07) is 5.61. The van der Waals surface area contributed by atoms with E-state index < -0.39 is 40.5 Å². The van der Waals surface area contributed by atoms with Crippen molar-refractivity contribution in [3.63, 3.8) is 0 Å². The Balaban J connectivity index is 1.85. The van der Waals surface area contributed by atoms with E-state index in [0.717, 1.165) is 18.2 Å². The molecule has 33 heavy (non-hydrogen) atoms. The molecule has 6 nitrogen and oxygen atoms in total. The maximum atomic E-state index is 14.4. The predicted molar refractivity (Wildman–Crippen MR) is 112 cm³/mol. The normalized spacial score (nSPS) is 24.2. The number of aromatic nitrogens is 1. The van der Waals surface area contributed by atoms with Gasteiger partial charge in [0.05, 0.1) is 18.7 Å². The van der Waals surface area contributed by atoms with Crippen LogP contribution in [0.1, 0.15) is 37.9 Å². The minimum absolute atomic E-state index is 0.0826. The Bertz CT molecular complexity index is 1290. The number of aromatic hydroxyl groups is 1. The van der Waals surface area contributed by atoms with Crippen molar-refractivity contribution in [3.05, 3.63) is 59.0 Å². The zero-order chi connectivity index (χ0) is 23.7. The molecule has 2 aliphatic rings. The summed E-state index contributed by atoms with van der Waals surface area (Å²) in [5.41, 5.74) is -0.0596. The van der Waals surface area contributed by atoms with Crippen molar-refractivity contribution >= 4 is 16.9 Å². The van der Waals surface area contributed by atoms with E-state index in [1.807, 2.05) is 13.8 Å². The number of halogens is 3. The monoisotopic (exact) mass is 461 g/mol. The topological polar surface area (TPSA) is 80.9 Å². The number of phenols is 1. The smallest absolute Gasteiger partial charge is 0.332 e. The molecule has 2 atom stereocenters. The summed E-state index contributed by atoms with van der Waals surface area (Å²) in [6.45, 7) is 3.92. The molecule has 3 heterocycles. The molecule has 5 rings (SSSR count). The molecule has 2 aliphatic heterocycles. The Morgan fingerprint density at radius 2 is 1.88 bits per heavy atom. The SMILES string of the molecule is CC1(C)CO[C@]2(CCC(C(=O)O)OC2)c2c1n(-c1ccc(F)c(F)c1)c1cc(F)cc(O)c21. The van der Waals surface area contributed by atoms with Gasteiger partial charge in [-0.15, -0.1) is 0 Å². The molecule has 1 spiro atoms. The van der Waals surface area contributed by atoms with Crippen LogP contribution in [0.15, 0.2) is 30.3 Å². The number of rotatable bonds is 2. The van der Waals surface area contributed by atoms with Crippen LogP contribution in [0.2, 0.25) is 0 Å². The number of hydrogen-bond acceptors (Lipinski definition) is 4. The number of hydrogen-bond donors (Lipinski definition) is 2. The number of nitrogens with zero attached hydrogens (tertiary/aromatic N) is 1. The van der Waals surface area contributed by atoms with Crippen LogP contribution in [-0.2, 0) is 25.3 Å². The molecular formula is C24H22F3NO5. The molecule has 1 unspecified atom stereocenters. The molecule has 1 saturated heterocycles. The largest absolute Gasteiger partial charge is 0.507 e. The fourth-order valence-electron chi connectivity index (χ4n) is 5.06. The first kappa shape index (κ1) is 21.8. The molecule has 0 aliphatic carbocycles. The molecule has 174 valence electrons. The molecular weight excluding hydrogens is 439 g/mol. The third-order valence-electron chi connectivity index (χ3n) is 6.58. The second-order valence-corrected chi connectivity index (χ2v) is 9.32. The Morgan fingerprint density at radius 1 is 1.12 bits per heavy atom. The summed E-state index contributed by atoms with van der Waals surface area (Å²) in [6.07, 6.45) is -0.515. The summed E-state index contributed by atoms with van der Waals surface area (Å²) in [5, 5.41) is 20.5. The number of benzene rings is 2. The molecule has 0 saturated carbocycles. The van der Waals surface area contributed by atoms with Gasteiger partial charge in [0.15, 0.2) is 17.7 Å². The van der Waals surface area contributed by atoms with Crippen LogP contribution in [0.5, 0.6) is 5.75 Å². The maximum Gasteiger partial charge on any atom is 0.332 e. The lowest BCUT2D eigenvalue weighted by Gasteiger charge is -2.47. The van der Waals surface area contributed by atoms with Crippen LogP contribution in [0.3, 0.4) is 0 Å². The lowest BCUT2D eigenvalue weighted by molar-refractivity contribution is -0.188. The number of ether oxygens (including phenoxy) is 2. The van der Waals surface area contributed by atoms with Crippen LogP contribution in [0.25, 0.3) is 16.6 Å². The molecule has 1 aromatic heterocycles. The number of carboxylic acids is 1. The zero-order valence-electron chi connectivity index (χ0n) is 18.0. The van der Waals surface area contributed by atoms with E-state index in [1.54, 1.807) is 4.57 Å². The van der Waals surface area contributed by atoms with Crippen LogP contribution >= 0.6 is 0 Å². The quantitative estimate of drug-likeness (QED) is 0.587. The van der Waals surface area contributed by atoms with Gasteiger partial charge in [0.1, 0.15) is 17.2 Å². The highest BCUT2D eigenvalue weighted by molar-refractivity contribution is 5.94. The van der Waals surface area contributed by atoms with Crippen molar-refractivity contribution in [2.75, 3.05) is 13.2 Å². The van der Waals surface area contributed by atoms with Gasteiger partial charge in [-0.2, -0.15) is 0 Å². The van der Waals surface area contributed by atoms with Gasteiger partial charge >= 0.3 is 5.97 Å². The number of carbonyl (C=O) groups is 1. The van der Waals surface area contributed by atoms with Crippen molar-refractivity contribution in [2.45, 2.75) is 43.8 Å². The summed E-state index contributed by atoms with van der Waals surface area (Å²) < 4.78 is 55.9. The van der Waals surface area contributed by atoms with E-state index >= 15 is 0 Å². The van der Waals surface area contributed by atoms with Crippen LogP contribution in [0, 0.1) is 17.5 Å². The van der Waals surface area contributed by atoms with Crippen molar-refractivity contribution in [1.82, 2.24) is 4.57 Å². The van der Waals surface area contributed by atoms with Gasteiger partial charge in [0.25, 0.3) is 0 Å². The van der Waals surface area contributed by atoms with E-state index in [-0.39, 0.29) is 36.6 Å². The standard InChI is InChI=1S/C24H22F3NO5/c1-23(2)10-33-24(6-5-18(22(30)31)32-11-24)20-19-16(7-12(25)8-17(19)29)28(21(20)23)13-3-4-14(26)15(27)9-13/h3-4,7-9,18,29H,5-6,10-11H2,1-2H3,(H,30,31)/t18?,24-/m0/s1. The Kier molecular flexibility index (Phi) is 4.77. The Morgan fingerprint density at radius 3 is 2.52 bits per heavy atom. The fraction of sp³-hybridized carbons (Fsp3) is 0.375. The average molecular weight is 461 g/mol. The van der Waals surface area contributed by atoms with Crippen molar-refractivity contribution in [2.24, 2.45) is 0 Å². The number of fused-ring (bicyclic) bond motifs is 4. The van der Waals surface area contributed by atoms with Gasteiger partial charge in [-0.05, 0) is 31.0 Å². The van der Waals surface area contributed by atoms with E-state index in [4.69, 9.17) is 9.47 Å². The second kappa shape index (κ2) is 7.23. The third-order valence-corrected chi connectivity index (χ3v) is 6.58. The number of carboxylic acid groups (broad SMARTS) is 1. The zero-order valence-corrected chi connectivity index (χ0v) is 18.0. The predicted octanol–water partition coefficient (Wildman–Crippen LogP) is 4.52. The summed E-state index contributed by atoms with van der Waals surface area (Å²) in [4.78, 5) is 11.4. The minimum Gasteiger partial charge on any atom is -0.507 e. The third kappa shape index (κ3) is 3.21. The molecule has 9 heteroatoms. The van der Waals surface area contributed by atoms with Gasteiger partial charge in [0, 0.05) is 39.9 Å². The Hall–Kier alpha value is -3.04. The highest BCUT2D eigenvalue weighted by Gasteiger charge is 2.51. The molecule has 0 bridgehead atoms. The minimum atomic E-state index is -1.09. The summed E-state index contributed by atoms with van der Waals surface area (Å²) in [7, 11) is 0. The molecule has 1 fully saturated rings. The van der Waals surface area contributed by atoms with E-state index in [2.05, 4.69) is 0 Å². The molecule has 2 aromatic carbocycles. The first-order chi connectivity index (χ1) is 15.5. The average Bonchev–Trinajstić information content (AvgIpc) is 3.11. The Labute approximate surface area is 187 Å². The molecule has 2 N–H and O–H groups in total.